The fraction of sp³-hybridized carbons (Fsp3) is 0.217. The van der Waals surface area contributed by atoms with E-state index in [4.69, 9.17) is 9.47 Å². The van der Waals surface area contributed by atoms with Crippen LogP contribution in [0, 0.1) is 5.82 Å². The molecule has 0 bridgehead atoms. The fourth-order valence-electron chi connectivity index (χ4n) is 2.90. The molecular weight excluding hydrogens is 473 g/mol. The van der Waals surface area contributed by atoms with Crippen LogP contribution in [-0.4, -0.2) is 18.8 Å². The van der Waals surface area contributed by atoms with E-state index in [1.165, 1.54) is 12.1 Å². The second kappa shape index (κ2) is 11.9. The number of rotatable bonds is 9. The number of hydrogen-bond donors (Lipinski definition) is 2. The molecule has 7 heteroatoms. The number of halogens is 3. The molecule has 0 amide bonds. The minimum absolute atomic E-state index is 0. The van der Waals surface area contributed by atoms with Crippen molar-refractivity contribution in [1.82, 2.24) is 5.32 Å². The summed E-state index contributed by atoms with van der Waals surface area (Å²) in [6.45, 7) is 1.31. The molecule has 0 aliphatic heterocycles. The van der Waals surface area contributed by atoms with Crippen molar-refractivity contribution in [2.75, 3.05) is 13.7 Å². The number of ether oxygens (including phenoxy) is 2. The summed E-state index contributed by atoms with van der Waals surface area (Å²) in [6, 6.07) is 19.6. The first-order valence-corrected chi connectivity index (χ1v) is 10.0. The van der Waals surface area contributed by atoms with Crippen molar-refractivity contribution in [2.24, 2.45) is 0 Å². The number of benzene rings is 3. The van der Waals surface area contributed by atoms with Gasteiger partial charge in [0.15, 0.2) is 11.5 Å². The molecule has 0 spiro atoms. The van der Waals surface area contributed by atoms with Gasteiger partial charge in [-0.05, 0) is 56.9 Å². The molecule has 30 heavy (non-hydrogen) atoms. The Balaban J connectivity index is 0.00000320. The van der Waals surface area contributed by atoms with Crippen molar-refractivity contribution in [1.29, 1.82) is 0 Å². The number of nitrogens with one attached hydrogen (secondary N) is 1. The fourth-order valence-corrected chi connectivity index (χ4v) is 3.50. The average molecular weight is 497 g/mol. The van der Waals surface area contributed by atoms with E-state index < -0.39 is 6.10 Å². The molecule has 0 radical (unpaired) electrons. The highest BCUT2D eigenvalue weighted by Crippen LogP contribution is 2.37. The Kier molecular flexibility index (Phi) is 9.59. The van der Waals surface area contributed by atoms with Gasteiger partial charge in [0.05, 0.1) is 17.7 Å². The SMILES string of the molecule is COc1cc(CNCC(O)c2ccccc2)cc(Br)c1OCc1ccc(F)cc1.Cl. The van der Waals surface area contributed by atoms with Crippen LogP contribution >= 0.6 is 28.3 Å². The molecule has 160 valence electrons. The lowest BCUT2D eigenvalue weighted by Gasteiger charge is -2.16. The second-order valence-electron chi connectivity index (χ2n) is 6.58. The molecule has 2 N–H and O–H groups in total. The normalized spacial score (nSPS) is 11.5. The lowest BCUT2D eigenvalue weighted by molar-refractivity contribution is 0.174. The standard InChI is InChI=1S/C23H23BrFNO3.ClH/c1-28-22-12-17(13-26-14-21(27)18-5-3-2-4-6-18)11-20(24)23(22)29-15-16-7-9-19(25)10-8-16;/h2-12,21,26-27H,13-15H2,1H3;1H. The molecule has 4 nitrogen and oxygen atoms in total. The molecule has 0 aliphatic rings. The zero-order valence-electron chi connectivity index (χ0n) is 16.5. The summed E-state index contributed by atoms with van der Waals surface area (Å²) in [6.07, 6.45) is -0.570. The van der Waals surface area contributed by atoms with Crippen molar-refractivity contribution < 1.29 is 19.0 Å². The van der Waals surface area contributed by atoms with Gasteiger partial charge < -0.3 is 19.9 Å². The molecule has 0 aromatic heterocycles. The van der Waals surface area contributed by atoms with Crippen LogP contribution in [0.3, 0.4) is 0 Å². The van der Waals surface area contributed by atoms with Gasteiger partial charge in [-0.3, -0.25) is 0 Å². The summed E-state index contributed by atoms with van der Waals surface area (Å²) in [5, 5.41) is 13.5. The highest BCUT2D eigenvalue weighted by atomic mass is 79.9. The van der Waals surface area contributed by atoms with Gasteiger partial charge in [-0.1, -0.05) is 42.5 Å². The Hall–Kier alpha value is -2.12. The first-order chi connectivity index (χ1) is 14.1. The minimum Gasteiger partial charge on any atom is -0.493 e. The van der Waals surface area contributed by atoms with Crippen molar-refractivity contribution in [3.05, 3.63) is 93.7 Å². The molecule has 0 saturated carbocycles. The Morgan fingerprint density at radius 3 is 2.40 bits per heavy atom. The van der Waals surface area contributed by atoms with Gasteiger partial charge in [0.2, 0.25) is 0 Å². The monoisotopic (exact) mass is 495 g/mol. The largest absolute Gasteiger partial charge is 0.493 e. The van der Waals surface area contributed by atoms with Crippen LogP contribution in [0.4, 0.5) is 4.39 Å². The summed E-state index contributed by atoms with van der Waals surface area (Å²) >= 11 is 3.54. The summed E-state index contributed by atoms with van der Waals surface area (Å²) in [5.74, 6) is 0.911. The van der Waals surface area contributed by atoms with E-state index >= 15 is 0 Å². The number of aliphatic hydroxyl groups excluding tert-OH is 1. The van der Waals surface area contributed by atoms with Gasteiger partial charge in [0, 0.05) is 13.1 Å². The minimum atomic E-state index is -0.570. The molecule has 0 heterocycles. The van der Waals surface area contributed by atoms with Crippen LogP contribution in [0.2, 0.25) is 0 Å². The highest BCUT2D eigenvalue weighted by Gasteiger charge is 2.13. The lowest BCUT2D eigenvalue weighted by atomic mass is 10.1. The molecular formula is C23H24BrClFNO3. The third-order valence-corrected chi connectivity index (χ3v) is 5.03. The topological polar surface area (TPSA) is 50.7 Å². The van der Waals surface area contributed by atoms with Crippen molar-refractivity contribution >= 4 is 28.3 Å². The first-order valence-electron chi connectivity index (χ1n) is 9.24. The molecule has 0 fully saturated rings. The van der Waals surface area contributed by atoms with Crippen LogP contribution in [0.25, 0.3) is 0 Å². The van der Waals surface area contributed by atoms with E-state index in [0.29, 0.717) is 31.2 Å². The molecule has 0 saturated heterocycles. The summed E-state index contributed by atoms with van der Waals surface area (Å²) in [4.78, 5) is 0. The van der Waals surface area contributed by atoms with E-state index in [-0.39, 0.29) is 18.2 Å². The van der Waals surface area contributed by atoms with Gasteiger partial charge in [-0.2, -0.15) is 0 Å². The third kappa shape index (κ3) is 6.71. The Bertz CT molecular complexity index is 926. The smallest absolute Gasteiger partial charge is 0.175 e. The maximum absolute atomic E-state index is 13.0. The second-order valence-corrected chi connectivity index (χ2v) is 7.44. The van der Waals surface area contributed by atoms with Crippen LogP contribution in [0.5, 0.6) is 11.5 Å². The lowest BCUT2D eigenvalue weighted by Crippen LogP contribution is -2.21. The van der Waals surface area contributed by atoms with E-state index in [1.807, 2.05) is 42.5 Å². The van der Waals surface area contributed by atoms with Gasteiger partial charge >= 0.3 is 0 Å². The maximum Gasteiger partial charge on any atom is 0.175 e. The van der Waals surface area contributed by atoms with E-state index in [2.05, 4.69) is 21.2 Å². The molecule has 3 aromatic carbocycles. The van der Waals surface area contributed by atoms with Crippen molar-refractivity contribution in [3.8, 4) is 11.5 Å². The molecule has 1 unspecified atom stereocenters. The van der Waals surface area contributed by atoms with Crippen LogP contribution in [0.15, 0.2) is 71.2 Å². The third-order valence-electron chi connectivity index (χ3n) is 4.44. The van der Waals surface area contributed by atoms with Gasteiger partial charge in [0.1, 0.15) is 12.4 Å². The van der Waals surface area contributed by atoms with Gasteiger partial charge in [-0.25, -0.2) is 4.39 Å². The van der Waals surface area contributed by atoms with Crippen LogP contribution in [0.1, 0.15) is 22.8 Å². The van der Waals surface area contributed by atoms with E-state index in [0.717, 1.165) is 21.2 Å². The zero-order valence-corrected chi connectivity index (χ0v) is 18.9. The zero-order chi connectivity index (χ0) is 20.6. The number of hydrogen-bond acceptors (Lipinski definition) is 4. The summed E-state index contributed by atoms with van der Waals surface area (Å²) < 4.78 is 25.2. The summed E-state index contributed by atoms with van der Waals surface area (Å²) in [7, 11) is 1.59. The van der Waals surface area contributed by atoms with Gasteiger partial charge in [0.25, 0.3) is 0 Å². The molecule has 0 aliphatic carbocycles. The Morgan fingerprint density at radius 1 is 1.03 bits per heavy atom. The predicted molar refractivity (Wildman–Crippen MR) is 122 cm³/mol. The maximum atomic E-state index is 13.0. The molecule has 1 atom stereocenters. The number of methoxy groups -OCH3 is 1. The van der Waals surface area contributed by atoms with Crippen molar-refractivity contribution in [3.63, 3.8) is 0 Å². The highest BCUT2D eigenvalue weighted by molar-refractivity contribution is 9.10. The first kappa shape index (κ1) is 24.2. The predicted octanol–water partition coefficient (Wildman–Crippen LogP) is 5.42. The van der Waals surface area contributed by atoms with E-state index in [1.54, 1.807) is 19.2 Å². The van der Waals surface area contributed by atoms with Crippen LogP contribution in [-0.2, 0) is 13.2 Å². The average Bonchev–Trinajstić information content (AvgIpc) is 2.74. The molecule has 3 rings (SSSR count). The van der Waals surface area contributed by atoms with Crippen LogP contribution < -0.4 is 14.8 Å². The quantitative estimate of drug-likeness (QED) is 0.415. The number of aliphatic hydroxyl groups is 1. The molecule has 3 aromatic rings. The summed E-state index contributed by atoms with van der Waals surface area (Å²) in [5.41, 5.74) is 2.73. The van der Waals surface area contributed by atoms with Crippen molar-refractivity contribution in [2.45, 2.75) is 19.3 Å². The Labute approximate surface area is 190 Å². The van der Waals surface area contributed by atoms with E-state index in [9.17, 15) is 9.50 Å². The van der Waals surface area contributed by atoms with Gasteiger partial charge in [-0.15, -0.1) is 12.4 Å². The Morgan fingerprint density at radius 2 is 1.73 bits per heavy atom.